The summed E-state index contributed by atoms with van der Waals surface area (Å²) < 4.78 is 18.2. The van der Waals surface area contributed by atoms with Crippen LogP contribution in [0, 0.1) is 17.1 Å². The summed E-state index contributed by atoms with van der Waals surface area (Å²) in [6.07, 6.45) is 3.90. The Labute approximate surface area is 124 Å². The van der Waals surface area contributed by atoms with Gasteiger partial charge in [-0.3, -0.25) is 4.90 Å². The monoisotopic (exact) mass is 292 g/mol. The molecule has 1 saturated carbocycles. The molecule has 2 rings (SSSR count). The van der Waals surface area contributed by atoms with Crippen LogP contribution in [-0.2, 0) is 0 Å². The third kappa shape index (κ3) is 5.00. The second kappa shape index (κ2) is 7.96. The van der Waals surface area contributed by atoms with E-state index in [9.17, 15) is 9.50 Å². The highest BCUT2D eigenvalue weighted by atomic mass is 19.1. The van der Waals surface area contributed by atoms with E-state index in [1.54, 1.807) is 0 Å². The number of benzene rings is 1. The van der Waals surface area contributed by atoms with Crippen molar-refractivity contribution in [3.05, 3.63) is 30.1 Å². The van der Waals surface area contributed by atoms with E-state index in [1.807, 2.05) is 4.90 Å². The zero-order chi connectivity index (χ0) is 15.1. The lowest BCUT2D eigenvalue weighted by atomic mass is 10.2. The van der Waals surface area contributed by atoms with E-state index in [0.29, 0.717) is 24.9 Å². The molecule has 0 aliphatic heterocycles. The molecule has 0 amide bonds. The molecule has 114 valence electrons. The summed E-state index contributed by atoms with van der Waals surface area (Å²) in [5.41, 5.74) is 0. The van der Waals surface area contributed by atoms with Gasteiger partial charge in [0.2, 0.25) is 0 Å². The minimum Gasteiger partial charge on any atom is -0.491 e. The predicted octanol–water partition coefficient (Wildman–Crippen LogP) is 2.33. The van der Waals surface area contributed by atoms with Crippen molar-refractivity contribution >= 4 is 0 Å². The molecule has 1 aromatic rings. The molecule has 1 N–H and O–H groups in total. The van der Waals surface area contributed by atoms with Gasteiger partial charge >= 0.3 is 0 Å². The van der Waals surface area contributed by atoms with E-state index >= 15 is 0 Å². The van der Waals surface area contributed by atoms with Gasteiger partial charge in [0, 0.05) is 12.6 Å². The molecule has 1 aromatic carbocycles. The van der Waals surface area contributed by atoms with Crippen molar-refractivity contribution in [3.8, 4) is 11.8 Å². The molecule has 0 bridgehead atoms. The number of aliphatic hydroxyl groups is 1. The van der Waals surface area contributed by atoms with E-state index in [1.165, 1.54) is 37.1 Å². The third-order valence-corrected chi connectivity index (χ3v) is 3.82. The molecule has 0 radical (unpaired) electrons. The van der Waals surface area contributed by atoms with E-state index in [2.05, 4.69) is 6.07 Å². The van der Waals surface area contributed by atoms with Gasteiger partial charge in [0.05, 0.1) is 12.6 Å². The Morgan fingerprint density at radius 2 is 2.00 bits per heavy atom. The number of halogens is 1. The Balaban J connectivity index is 1.80. The van der Waals surface area contributed by atoms with Gasteiger partial charge in [-0.2, -0.15) is 5.26 Å². The average Bonchev–Trinajstić information content (AvgIpc) is 3.00. The maximum atomic E-state index is 12.8. The second-order valence-electron chi connectivity index (χ2n) is 5.44. The van der Waals surface area contributed by atoms with E-state index in [0.717, 1.165) is 12.8 Å². The number of hydrogen-bond acceptors (Lipinski definition) is 4. The molecule has 4 nitrogen and oxygen atoms in total. The summed E-state index contributed by atoms with van der Waals surface area (Å²) >= 11 is 0. The molecule has 1 unspecified atom stereocenters. The lowest BCUT2D eigenvalue weighted by Gasteiger charge is -2.28. The van der Waals surface area contributed by atoms with Crippen LogP contribution in [-0.4, -0.2) is 41.8 Å². The molecule has 1 aliphatic rings. The number of nitriles is 1. The van der Waals surface area contributed by atoms with Crippen LogP contribution in [0.4, 0.5) is 4.39 Å². The largest absolute Gasteiger partial charge is 0.491 e. The van der Waals surface area contributed by atoms with Crippen LogP contribution in [0.15, 0.2) is 24.3 Å². The van der Waals surface area contributed by atoms with Gasteiger partial charge in [-0.15, -0.1) is 0 Å². The van der Waals surface area contributed by atoms with Crippen LogP contribution in [0.5, 0.6) is 5.75 Å². The molecule has 0 heterocycles. The minimum absolute atomic E-state index is 0.139. The van der Waals surface area contributed by atoms with Crippen LogP contribution >= 0.6 is 0 Å². The van der Waals surface area contributed by atoms with Crippen molar-refractivity contribution in [2.75, 3.05) is 19.7 Å². The van der Waals surface area contributed by atoms with Crippen LogP contribution < -0.4 is 4.74 Å². The highest BCUT2D eigenvalue weighted by Crippen LogP contribution is 2.23. The van der Waals surface area contributed by atoms with Crippen molar-refractivity contribution in [2.45, 2.75) is 37.8 Å². The number of nitrogens with zero attached hydrogens (tertiary/aromatic N) is 2. The minimum atomic E-state index is -0.663. The zero-order valence-electron chi connectivity index (χ0n) is 12.0. The molecule has 1 aliphatic carbocycles. The highest BCUT2D eigenvalue weighted by molar-refractivity contribution is 5.22. The van der Waals surface area contributed by atoms with Crippen molar-refractivity contribution in [1.29, 1.82) is 5.26 Å². The molecule has 1 fully saturated rings. The van der Waals surface area contributed by atoms with Gasteiger partial charge in [0.25, 0.3) is 0 Å². The summed E-state index contributed by atoms with van der Waals surface area (Å²) in [6.45, 7) is 0.901. The smallest absolute Gasteiger partial charge is 0.123 e. The van der Waals surface area contributed by atoms with Crippen LogP contribution in [0.25, 0.3) is 0 Å². The Morgan fingerprint density at radius 3 is 2.62 bits per heavy atom. The fraction of sp³-hybridized carbons (Fsp3) is 0.562. The summed E-state index contributed by atoms with van der Waals surface area (Å²) in [4.78, 5) is 2.03. The van der Waals surface area contributed by atoms with Crippen molar-refractivity contribution in [3.63, 3.8) is 0 Å². The van der Waals surface area contributed by atoms with Gasteiger partial charge in [-0.05, 0) is 37.1 Å². The molecule has 5 heteroatoms. The summed E-state index contributed by atoms with van der Waals surface area (Å²) in [6, 6.07) is 8.27. The Kier molecular flexibility index (Phi) is 5.97. The van der Waals surface area contributed by atoms with Gasteiger partial charge in [-0.1, -0.05) is 12.8 Å². The quantitative estimate of drug-likeness (QED) is 0.784. The maximum absolute atomic E-state index is 12.8. The maximum Gasteiger partial charge on any atom is 0.123 e. The van der Waals surface area contributed by atoms with Gasteiger partial charge < -0.3 is 9.84 Å². The third-order valence-electron chi connectivity index (χ3n) is 3.82. The van der Waals surface area contributed by atoms with Crippen LogP contribution in [0.3, 0.4) is 0 Å². The molecular formula is C16H21FN2O2. The van der Waals surface area contributed by atoms with Gasteiger partial charge in [0.1, 0.15) is 24.3 Å². The molecule has 1 atom stereocenters. The molecule has 0 aromatic heterocycles. The number of ether oxygens (including phenoxy) is 1. The second-order valence-corrected chi connectivity index (χ2v) is 5.44. The SMILES string of the molecule is N#CCN(CC(O)COc1ccc(F)cc1)C1CCCC1. The first kappa shape index (κ1) is 15.7. The predicted molar refractivity (Wildman–Crippen MR) is 77.3 cm³/mol. The van der Waals surface area contributed by atoms with Gasteiger partial charge in [-0.25, -0.2) is 4.39 Å². The van der Waals surface area contributed by atoms with Crippen molar-refractivity contribution in [1.82, 2.24) is 4.90 Å². The lowest BCUT2D eigenvalue weighted by Crippen LogP contribution is -2.41. The van der Waals surface area contributed by atoms with E-state index < -0.39 is 6.10 Å². The molecule has 0 spiro atoms. The summed E-state index contributed by atoms with van der Waals surface area (Å²) in [7, 11) is 0. The van der Waals surface area contributed by atoms with E-state index in [-0.39, 0.29) is 12.4 Å². The first-order valence-electron chi connectivity index (χ1n) is 7.36. The standard InChI is InChI=1S/C16H21FN2O2/c17-13-5-7-16(8-6-13)21-12-15(20)11-19(10-9-18)14-3-1-2-4-14/h5-8,14-15,20H,1-4,10-12H2. The Bertz CT molecular complexity index is 466. The average molecular weight is 292 g/mol. The van der Waals surface area contributed by atoms with Crippen LogP contribution in [0.1, 0.15) is 25.7 Å². The summed E-state index contributed by atoms with van der Waals surface area (Å²) in [5, 5.41) is 19.0. The van der Waals surface area contributed by atoms with Crippen molar-refractivity contribution < 1.29 is 14.2 Å². The molecular weight excluding hydrogens is 271 g/mol. The summed E-state index contributed by atoms with van der Waals surface area (Å²) in [5.74, 6) is 0.215. The molecule has 0 saturated heterocycles. The van der Waals surface area contributed by atoms with Gasteiger partial charge in [0.15, 0.2) is 0 Å². The Morgan fingerprint density at radius 1 is 1.33 bits per heavy atom. The fourth-order valence-corrected chi connectivity index (χ4v) is 2.75. The topological polar surface area (TPSA) is 56.5 Å². The number of hydrogen-bond donors (Lipinski definition) is 1. The fourth-order valence-electron chi connectivity index (χ4n) is 2.75. The zero-order valence-corrected chi connectivity index (χ0v) is 12.0. The number of aliphatic hydroxyl groups excluding tert-OH is 1. The number of rotatable bonds is 7. The first-order valence-corrected chi connectivity index (χ1v) is 7.36. The van der Waals surface area contributed by atoms with Crippen molar-refractivity contribution in [2.24, 2.45) is 0 Å². The molecule has 21 heavy (non-hydrogen) atoms. The Hall–Kier alpha value is -1.64. The lowest BCUT2D eigenvalue weighted by molar-refractivity contribution is 0.0584. The van der Waals surface area contributed by atoms with E-state index in [4.69, 9.17) is 10.00 Å². The first-order chi connectivity index (χ1) is 10.2. The normalized spacial score (nSPS) is 16.9. The van der Waals surface area contributed by atoms with Crippen LogP contribution in [0.2, 0.25) is 0 Å². The highest BCUT2D eigenvalue weighted by Gasteiger charge is 2.24.